The SMILES string of the molecule is COc1cc2ncnc(Nc3cccc(Cl)c3F)c2cc1O[C@@H]1C[C@@H](C(=O)NCC2CC2)N(C)C1. The van der Waals surface area contributed by atoms with E-state index in [-0.39, 0.29) is 28.8 Å². The van der Waals surface area contributed by atoms with E-state index in [0.29, 0.717) is 47.1 Å². The van der Waals surface area contributed by atoms with Gasteiger partial charge in [-0.2, -0.15) is 0 Å². The summed E-state index contributed by atoms with van der Waals surface area (Å²) in [5.41, 5.74) is 0.809. The average molecular weight is 500 g/mol. The lowest BCUT2D eigenvalue weighted by molar-refractivity contribution is -0.125. The second-order valence-electron chi connectivity index (χ2n) is 9.09. The molecule has 2 heterocycles. The molecule has 0 unspecified atom stereocenters. The molecule has 1 amide bonds. The highest BCUT2D eigenvalue weighted by atomic mass is 35.5. The molecule has 8 nitrogen and oxygen atoms in total. The number of hydrogen-bond acceptors (Lipinski definition) is 7. The number of aromatic nitrogens is 2. The van der Waals surface area contributed by atoms with Gasteiger partial charge in [0.05, 0.1) is 29.4 Å². The second kappa shape index (κ2) is 9.83. The molecule has 0 spiro atoms. The van der Waals surface area contributed by atoms with Gasteiger partial charge in [0.15, 0.2) is 17.3 Å². The van der Waals surface area contributed by atoms with Crippen molar-refractivity contribution in [3.8, 4) is 11.5 Å². The van der Waals surface area contributed by atoms with Crippen LogP contribution in [0.4, 0.5) is 15.9 Å². The summed E-state index contributed by atoms with van der Waals surface area (Å²) in [7, 11) is 3.49. The number of likely N-dealkylation sites (tertiary alicyclic amines) is 1. The molecule has 2 aliphatic rings. The Kier molecular flexibility index (Phi) is 6.62. The van der Waals surface area contributed by atoms with Crippen molar-refractivity contribution in [1.29, 1.82) is 0 Å². The number of methoxy groups -OCH3 is 1. The molecule has 3 aromatic rings. The summed E-state index contributed by atoms with van der Waals surface area (Å²) in [6.45, 7) is 1.35. The molecule has 2 fully saturated rings. The molecule has 1 aliphatic carbocycles. The number of halogens is 2. The smallest absolute Gasteiger partial charge is 0.237 e. The first kappa shape index (κ1) is 23.6. The van der Waals surface area contributed by atoms with Crippen molar-refractivity contribution < 1.29 is 18.7 Å². The quantitative estimate of drug-likeness (QED) is 0.481. The Hall–Kier alpha value is -3.17. The van der Waals surface area contributed by atoms with E-state index in [2.05, 4.69) is 20.6 Å². The third-order valence-corrected chi connectivity index (χ3v) is 6.79. The maximum absolute atomic E-state index is 14.5. The number of nitrogens with one attached hydrogen (secondary N) is 2. The zero-order valence-corrected chi connectivity index (χ0v) is 20.3. The second-order valence-corrected chi connectivity index (χ2v) is 9.50. The van der Waals surface area contributed by atoms with Crippen LogP contribution in [0, 0.1) is 11.7 Å². The molecule has 1 aromatic heterocycles. The Morgan fingerprint density at radius 1 is 1.26 bits per heavy atom. The van der Waals surface area contributed by atoms with Crippen LogP contribution >= 0.6 is 11.6 Å². The maximum Gasteiger partial charge on any atom is 0.237 e. The predicted octanol–water partition coefficient (Wildman–Crippen LogP) is 4.15. The molecular formula is C25H27ClFN5O3. The molecule has 35 heavy (non-hydrogen) atoms. The predicted molar refractivity (Wildman–Crippen MR) is 132 cm³/mol. The Morgan fingerprint density at radius 2 is 2.09 bits per heavy atom. The standard InChI is InChI=1S/C25H27ClFN5O3/c1-32-12-15(8-20(32)25(33)28-11-14-6-7-14)35-22-9-16-19(10-21(22)34-2)29-13-30-24(16)31-18-5-3-4-17(26)23(18)27/h3-5,9-10,13-15,20H,6-8,11-12H2,1-2H3,(H,28,33)(H,29,30,31)/t15-,20+/m1/s1. The Balaban J connectivity index is 1.38. The van der Waals surface area contributed by atoms with Crippen molar-refractivity contribution in [1.82, 2.24) is 20.2 Å². The third-order valence-electron chi connectivity index (χ3n) is 6.49. The van der Waals surface area contributed by atoms with Crippen LogP contribution in [0.1, 0.15) is 19.3 Å². The van der Waals surface area contributed by atoms with Crippen molar-refractivity contribution in [2.45, 2.75) is 31.4 Å². The van der Waals surface area contributed by atoms with Crippen molar-refractivity contribution in [3.63, 3.8) is 0 Å². The first-order valence-corrected chi connectivity index (χ1v) is 12.0. The van der Waals surface area contributed by atoms with E-state index in [1.54, 1.807) is 31.4 Å². The zero-order valence-electron chi connectivity index (χ0n) is 19.6. The van der Waals surface area contributed by atoms with Crippen LogP contribution in [0.2, 0.25) is 5.02 Å². The number of nitrogens with zero attached hydrogens (tertiary/aromatic N) is 3. The van der Waals surface area contributed by atoms with E-state index < -0.39 is 5.82 Å². The Labute approximate surface area is 207 Å². The highest BCUT2D eigenvalue weighted by Gasteiger charge is 2.36. The van der Waals surface area contributed by atoms with Crippen LogP contribution in [-0.4, -0.2) is 60.2 Å². The number of benzene rings is 2. The molecule has 2 aromatic carbocycles. The van der Waals surface area contributed by atoms with Gasteiger partial charge in [-0.3, -0.25) is 9.69 Å². The summed E-state index contributed by atoms with van der Waals surface area (Å²) in [6.07, 6.45) is 4.15. The topological polar surface area (TPSA) is 88.6 Å². The van der Waals surface area contributed by atoms with Crippen LogP contribution in [-0.2, 0) is 4.79 Å². The third kappa shape index (κ3) is 5.11. The summed E-state index contributed by atoms with van der Waals surface area (Å²) >= 11 is 5.93. The molecule has 5 rings (SSSR count). The van der Waals surface area contributed by atoms with E-state index >= 15 is 0 Å². The molecule has 2 atom stereocenters. The van der Waals surface area contributed by atoms with Gasteiger partial charge in [-0.25, -0.2) is 14.4 Å². The molecule has 1 saturated carbocycles. The number of carbonyl (C=O) groups excluding carboxylic acids is 1. The van der Waals surface area contributed by atoms with Gasteiger partial charge in [-0.1, -0.05) is 17.7 Å². The van der Waals surface area contributed by atoms with E-state index in [1.807, 2.05) is 11.9 Å². The first-order chi connectivity index (χ1) is 16.9. The monoisotopic (exact) mass is 499 g/mol. The largest absolute Gasteiger partial charge is 0.493 e. The normalized spacial score (nSPS) is 20.1. The van der Waals surface area contributed by atoms with E-state index in [4.69, 9.17) is 21.1 Å². The summed E-state index contributed by atoms with van der Waals surface area (Å²) in [6, 6.07) is 8.01. The molecule has 0 bridgehead atoms. The Morgan fingerprint density at radius 3 is 2.86 bits per heavy atom. The number of anilines is 2. The average Bonchev–Trinajstić information content (AvgIpc) is 3.61. The van der Waals surface area contributed by atoms with E-state index in [1.165, 1.54) is 25.2 Å². The molecule has 0 radical (unpaired) electrons. The van der Waals surface area contributed by atoms with Gasteiger partial charge in [0.2, 0.25) is 5.91 Å². The van der Waals surface area contributed by atoms with Gasteiger partial charge in [-0.15, -0.1) is 0 Å². The Bertz CT molecular complexity index is 1260. The van der Waals surface area contributed by atoms with Crippen molar-refractivity contribution in [2.75, 3.05) is 32.6 Å². The minimum absolute atomic E-state index is 0.0140. The van der Waals surface area contributed by atoms with E-state index in [9.17, 15) is 9.18 Å². The minimum Gasteiger partial charge on any atom is -0.493 e. The van der Waals surface area contributed by atoms with Crippen molar-refractivity contribution >= 4 is 39.9 Å². The number of ether oxygens (including phenoxy) is 2. The number of hydrogen-bond donors (Lipinski definition) is 2. The van der Waals surface area contributed by atoms with Gasteiger partial charge in [0.25, 0.3) is 0 Å². The summed E-state index contributed by atoms with van der Waals surface area (Å²) in [5.74, 6) is 1.53. The highest BCUT2D eigenvalue weighted by Crippen LogP contribution is 2.37. The summed E-state index contributed by atoms with van der Waals surface area (Å²) < 4.78 is 26.3. The fourth-order valence-corrected chi connectivity index (χ4v) is 4.53. The lowest BCUT2D eigenvalue weighted by Crippen LogP contribution is -2.42. The number of carbonyl (C=O) groups is 1. The first-order valence-electron chi connectivity index (χ1n) is 11.6. The maximum atomic E-state index is 14.5. The molecular weight excluding hydrogens is 473 g/mol. The van der Waals surface area contributed by atoms with Crippen molar-refractivity contribution in [2.24, 2.45) is 5.92 Å². The number of fused-ring (bicyclic) bond motifs is 1. The fraction of sp³-hybridized carbons (Fsp3) is 0.400. The van der Waals surface area contributed by atoms with Crippen LogP contribution in [0.25, 0.3) is 10.9 Å². The van der Waals surface area contributed by atoms with Crippen molar-refractivity contribution in [3.05, 3.63) is 47.5 Å². The van der Waals surface area contributed by atoms with Gasteiger partial charge < -0.3 is 20.1 Å². The summed E-state index contributed by atoms with van der Waals surface area (Å²) in [5, 5.41) is 6.71. The number of rotatable bonds is 8. The van der Waals surface area contributed by atoms with Crippen LogP contribution in [0.3, 0.4) is 0 Å². The number of likely N-dealkylation sites (N-methyl/N-ethyl adjacent to an activating group) is 1. The van der Waals surface area contributed by atoms with Crippen LogP contribution in [0.5, 0.6) is 11.5 Å². The van der Waals surface area contributed by atoms with Gasteiger partial charge in [0.1, 0.15) is 18.2 Å². The molecule has 2 N–H and O–H groups in total. The van der Waals surface area contributed by atoms with Gasteiger partial charge in [-0.05, 0) is 44.0 Å². The van der Waals surface area contributed by atoms with E-state index in [0.717, 1.165) is 6.54 Å². The number of amides is 1. The lowest BCUT2D eigenvalue weighted by atomic mass is 10.1. The van der Waals surface area contributed by atoms with Gasteiger partial charge in [0, 0.05) is 31.0 Å². The van der Waals surface area contributed by atoms with Gasteiger partial charge >= 0.3 is 0 Å². The zero-order chi connectivity index (χ0) is 24.5. The molecule has 1 aliphatic heterocycles. The van der Waals surface area contributed by atoms with Crippen LogP contribution in [0.15, 0.2) is 36.7 Å². The van der Waals surface area contributed by atoms with Crippen LogP contribution < -0.4 is 20.1 Å². The molecule has 1 saturated heterocycles. The summed E-state index contributed by atoms with van der Waals surface area (Å²) in [4.78, 5) is 23.3. The minimum atomic E-state index is -0.564. The fourth-order valence-electron chi connectivity index (χ4n) is 4.35. The molecule has 184 valence electrons. The molecule has 10 heteroatoms. The lowest BCUT2D eigenvalue weighted by Gasteiger charge is -2.18. The highest BCUT2D eigenvalue weighted by molar-refractivity contribution is 6.31.